The van der Waals surface area contributed by atoms with E-state index < -0.39 is 13.3 Å². The SMILES string of the molecule is N#Cc1[nH]cnc1/N=N/N(CCF)CCF. The van der Waals surface area contributed by atoms with Crippen LogP contribution in [0, 0.1) is 11.3 Å². The Morgan fingerprint density at radius 3 is 2.69 bits per heavy atom. The fraction of sp³-hybridized carbons (Fsp3) is 0.500. The number of nitrogens with zero attached hydrogens (tertiary/aromatic N) is 5. The fourth-order valence-corrected chi connectivity index (χ4v) is 0.947. The van der Waals surface area contributed by atoms with Crippen LogP contribution in [-0.2, 0) is 0 Å². The number of hydrogen-bond acceptors (Lipinski definition) is 4. The summed E-state index contributed by atoms with van der Waals surface area (Å²) in [5.41, 5.74) is 0.157. The highest BCUT2D eigenvalue weighted by Crippen LogP contribution is 2.12. The van der Waals surface area contributed by atoms with Crippen molar-refractivity contribution < 1.29 is 8.78 Å². The van der Waals surface area contributed by atoms with E-state index in [9.17, 15) is 8.78 Å². The Bertz CT molecular complexity index is 376. The van der Waals surface area contributed by atoms with Crippen molar-refractivity contribution in [2.45, 2.75) is 0 Å². The normalized spacial score (nSPS) is 10.6. The molecule has 0 aliphatic heterocycles. The molecular formula is C8H10F2N6. The molecule has 1 aromatic heterocycles. The zero-order valence-corrected chi connectivity index (χ0v) is 8.40. The van der Waals surface area contributed by atoms with Gasteiger partial charge in [0.2, 0.25) is 5.82 Å². The fourth-order valence-electron chi connectivity index (χ4n) is 0.947. The van der Waals surface area contributed by atoms with Crippen LogP contribution in [-0.4, -0.2) is 41.4 Å². The van der Waals surface area contributed by atoms with Gasteiger partial charge in [0.05, 0.1) is 19.4 Å². The molecule has 1 N–H and O–H groups in total. The summed E-state index contributed by atoms with van der Waals surface area (Å²) in [7, 11) is 0. The topological polar surface area (TPSA) is 80.4 Å². The number of hydrogen-bond donors (Lipinski definition) is 1. The molecule has 86 valence electrons. The third-order valence-corrected chi connectivity index (χ3v) is 1.68. The first kappa shape index (κ1) is 12.0. The first-order chi connectivity index (χ1) is 7.81. The van der Waals surface area contributed by atoms with Gasteiger partial charge in [0.1, 0.15) is 19.4 Å². The number of imidazole rings is 1. The average molecular weight is 228 g/mol. The molecule has 8 heteroatoms. The second-order valence-electron chi connectivity index (χ2n) is 2.73. The van der Waals surface area contributed by atoms with E-state index >= 15 is 0 Å². The minimum absolute atomic E-state index is 0.0419. The number of aromatic amines is 1. The van der Waals surface area contributed by atoms with E-state index in [0.717, 1.165) is 5.01 Å². The van der Waals surface area contributed by atoms with E-state index in [1.807, 2.05) is 6.07 Å². The largest absolute Gasteiger partial charge is 0.334 e. The van der Waals surface area contributed by atoms with Crippen molar-refractivity contribution in [1.29, 1.82) is 5.26 Å². The van der Waals surface area contributed by atoms with Gasteiger partial charge in [-0.25, -0.2) is 13.8 Å². The maximum absolute atomic E-state index is 12.0. The van der Waals surface area contributed by atoms with Gasteiger partial charge in [0.15, 0.2) is 5.69 Å². The molecule has 0 atom stereocenters. The number of H-pyrrole nitrogens is 1. The molecule has 0 fully saturated rings. The number of nitriles is 1. The van der Waals surface area contributed by atoms with Gasteiger partial charge in [-0.15, -0.1) is 5.11 Å². The Morgan fingerprint density at radius 2 is 2.12 bits per heavy atom. The summed E-state index contributed by atoms with van der Waals surface area (Å²) in [6.07, 6.45) is 1.29. The van der Waals surface area contributed by atoms with Crippen LogP contribution < -0.4 is 0 Å². The summed E-state index contributed by atoms with van der Waals surface area (Å²) >= 11 is 0. The predicted octanol–water partition coefficient (Wildman–Crippen LogP) is 1.52. The van der Waals surface area contributed by atoms with Crippen molar-refractivity contribution in [2.75, 3.05) is 26.4 Å². The van der Waals surface area contributed by atoms with Crippen LogP contribution in [0.5, 0.6) is 0 Å². The van der Waals surface area contributed by atoms with Gasteiger partial charge in [-0.2, -0.15) is 5.26 Å². The van der Waals surface area contributed by atoms with Gasteiger partial charge in [-0.1, -0.05) is 5.22 Å². The lowest BCUT2D eigenvalue weighted by Crippen LogP contribution is -2.22. The molecule has 0 saturated carbocycles. The quantitative estimate of drug-likeness (QED) is 0.592. The van der Waals surface area contributed by atoms with E-state index in [1.54, 1.807) is 0 Å². The van der Waals surface area contributed by atoms with Gasteiger partial charge in [-0.05, 0) is 0 Å². The summed E-state index contributed by atoms with van der Waals surface area (Å²) in [5.74, 6) is 0.102. The predicted molar refractivity (Wildman–Crippen MR) is 51.3 cm³/mol. The van der Waals surface area contributed by atoms with Crippen molar-refractivity contribution in [2.24, 2.45) is 10.3 Å². The molecule has 16 heavy (non-hydrogen) atoms. The molecule has 1 aromatic rings. The Hall–Kier alpha value is -2.04. The lowest BCUT2D eigenvalue weighted by Gasteiger charge is -2.12. The molecule has 0 amide bonds. The van der Waals surface area contributed by atoms with Gasteiger partial charge in [0.25, 0.3) is 0 Å². The second kappa shape index (κ2) is 6.44. The van der Waals surface area contributed by atoms with Crippen molar-refractivity contribution in [1.82, 2.24) is 15.0 Å². The molecule has 0 aliphatic carbocycles. The van der Waals surface area contributed by atoms with Crippen LogP contribution in [0.4, 0.5) is 14.6 Å². The van der Waals surface area contributed by atoms with Crippen molar-refractivity contribution in [3.05, 3.63) is 12.0 Å². The van der Waals surface area contributed by atoms with E-state index in [1.165, 1.54) is 6.33 Å². The number of aromatic nitrogens is 2. The number of rotatable bonds is 6. The van der Waals surface area contributed by atoms with E-state index in [2.05, 4.69) is 20.3 Å². The van der Waals surface area contributed by atoms with Crippen molar-refractivity contribution in [3.63, 3.8) is 0 Å². The first-order valence-electron chi connectivity index (χ1n) is 4.53. The Morgan fingerprint density at radius 1 is 1.44 bits per heavy atom. The maximum atomic E-state index is 12.0. The molecule has 0 spiro atoms. The molecule has 0 saturated heterocycles. The minimum Gasteiger partial charge on any atom is -0.334 e. The minimum atomic E-state index is -0.648. The molecule has 0 aliphatic rings. The van der Waals surface area contributed by atoms with Gasteiger partial charge in [0, 0.05) is 0 Å². The highest BCUT2D eigenvalue weighted by molar-refractivity contribution is 5.41. The highest BCUT2D eigenvalue weighted by Gasteiger charge is 2.04. The van der Waals surface area contributed by atoms with Gasteiger partial charge in [-0.3, -0.25) is 5.01 Å². The Kier molecular flexibility index (Phi) is 4.85. The molecule has 0 bridgehead atoms. The van der Waals surface area contributed by atoms with Crippen LogP contribution in [0.2, 0.25) is 0 Å². The van der Waals surface area contributed by atoms with Crippen molar-refractivity contribution >= 4 is 5.82 Å². The zero-order valence-electron chi connectivity index (χ0n) is 8.40. The molecule has 0 aromatic carbocycles. The van der Waals surface area contributed by atoms with Crippen LogP contribution in [0.15, 0.2) is 16.7 Å². The van der Waals surface area contributed by atoms with E-state index in [4.69, 9.17) is 5.26 Å². The van der Waals surface area contributed by atoms with E-state index in [-0.39, 0.29) is 24.6 Å². The third-order valence-electron chi connectivity index (χ3n) is 1.68. The lowest BCUT2D eigenvalue weighted by atomic mass is 10.5. The average Bonchev–Trinajstić information content (AvgIpc) is 2.74. The van der Waals surface area contributed by atoms with Crippen LogP contribution in [0.25, 0.3) is 0 Å². The summed E-state index contributed by atoms with van der Waals surface area (Å²) in [4.78, 5) is 6.28. The zero-order chi connectivity index (χ0) is 11.8. The van der Waals surface area contributed by atoms with Crippen LogP contribution >= 0.6 is 0 Å². The number of halogens is 2. The monoisotopic (exact) mass is 228 g/mol. The number of nitrogens with one attached hydrogen (secondary N) is 1. The van der Waals surface area contributed by atoms with Crippen LogP contribution in [0.1, 0.15) is 5.69 Å². The number of alkyl halides is 2. The van der Waals surface area contributed by atoms with Crippen LogP contribution in [0.3, 0.4) is 0 Å². The third kappa shape index (κ3) is 3.27. The Labute approximate surface area is 90.6 Å². The molecule has 1 rings (SSSR count). The summed E-state index contributed by atoms with van der Waals surface area (Å²) in [6.45, 7) is -1.38. The summed E-state index contributed by atoms with van der Waals surface area (Å²) < 4.78 is 24.1. The molecule has 0 unspecified atom stereocenters. The molecule has 6 nitrogen and oxygen atoms in total. The summed E-state index contributed by atoms with van der Waals surface area (Å²) in [5, 5.41) is 17.0. The summed E-state index contributed by atoms with van der Waals surface area (Å²) in [6, 6.07) is 1.82. The Balaban J connectivity index is 2.66. The maximum Gasteiger partial charge on any atom is 0.212 e. The highest BCUT2D eigenvalue weighted by atomic mass is 19.1. The molecule has 0 radical (unpaired) electrons. The lowest BCUT2D eigenvalue weighted by molar-refractivity contribution is 0.224. The molecule has 1 heterocycles. The smallest absolute Gasteiger partial charge is 0.212 e. The van der Waals surface area contributed by atoms with E-state index in [0.29, 0.717) is 0 Å². The van der Waals surface area contributed by atoms with Gasteiger partial charge < -0.3 is 4.98 Å². The standard InChI is InChI=1S/C8H10F2N6/c9-1-3-16(4-2-10)15-14-8-7(5-11)12-6-13-8/h6H,1-4H2,(H,12,13)/b15-14+. The van der Waals surface area contributed by atoms with Gasteiger partial charge >= 0.3 is 0 Å². The van der Waals surface area contributed by atoms with Crippen molar-refractivity contribution in [3.8, 4) is 6.07 Å². The molecular weight excluding hydrogens is 218 g/mol. The first-order valence-corrected chi connectivity index (χ1v) is 4.53. The second-order valence-corrected chi connectivity index (χ2v) is 2.73.